The Bertz CT molecular complexity index is 2890. The van der Waals surface area contributed by atoms with E-state index in [1.54, 1.807) is 51.5 Å². The predicted octanol–water partition coefficient (Wildman–Crippen LogP) is 12.8. The standard InChI is InChI=1S/C19H22F3N3O3S.C17H18F3N3O2S.C9H11FO2.C7H7FO.C2H5ClO.CH4.H3N.H2O.H3P/c1-11-3-6-14(15(7-11)27-10-26-2)28-16-12-4-5-13(16)9-25(8-12)18-24-23-17(29-18)19(20,21)22;1-9-2-5-13(12(24)6-9)25-14-10-3-4-11(14)8-23(7-10)16-22-21-15(26-16)17(18,19)20;1-7-3-4-8(10)9(5-7)12-6-11-2;1-5-2-3-6(8)7(9)4-5;1-4-2-3;;;;/h3,6-7,12-13,16H,4-5,8-10H2,1-2H3;2,5-6,10-11,14,24H,3-4,7-8H2,1H3;3-5H,6H2,1-2H3;2-4,9H,1H3;2H2,1H3;1H4;1H3;1H2;1H3/t12-,13+,16?;10-,11+,14?;;;;;;;. The lowest BCUT2D eigenvalue weighted by atomic mass is 9.95. The van der Waals surface area contributed by atoms with Crippen LogP contribution in [0.1, 0.15) is 65.4 Å². The highest BCUT2D eigenvalue weighted by Gasteiger charge is 2.47. The van der Waals surface area contributed by atoms with Crippen LogP contribution in [-0.4, -0.2) is 115 Å². The van der Waals surface area contributed by atoms with Crippen molar-refractivity contribution in [1.82, 2.24) is 26.5 Å². The van der Waals surface area contributed by atoms with Gasteiger partial charge in [0, 0.05) is 71.2 Å². The molecular weight excluding hydrogens is 1200 g/mol. The van der Waals surface area contributed by atoms with Gasteiger partial charge in [0.1, 0.15) is 18.3 Å². The number of piperidine rings is 2. The summed E-state index contributed by atoms with van der Waals surface area (Å²) in [4.78, 5) is 3.79. The Labute approximate surface area is 500 Å². The summed E-state index contributed by atoms with van der Waals surface area (Å²) in [5.74, 6) is 1.69. The van der Waals surface area contributed by atoms with E-state index in [-0.39, 0.29) is 101 Å². The van der Waals surface area contributed by atoms with Crippen molar-refractivity contribution in [3.8, 4) is 34.5 Å². The molecule has 4 aliphatic rings. The van der Waals surface area contributed by atoms with E-state index < -0.39 is 28.2 Å². The molecule has 0 radical (unpaired) electrons. The van der Waals surface area contributed by atoms with Crippen LogP contribution < -0.4 is 34.9 Å². The summed E-state index contributed by atoms with van der Waals surface area (Å²) < 4.78 is 139. The number of halogens is 9. The van der Waals surface area contributed by atoms with Gasteiger partial charge in [0.05, 0.1) is 0 Å². The van der Waals surface area contributed by atoms with Crippen molar-refractivity contribution in [2.75, 3.05) is 77.0 Å². The Morgan fingerprint density at radius 3 is 1.26 bits per heavy atom. The Morgan fingerprint density at radius 1 is 0.536 bits per heavy atom. The number of aryl methyl sites for hydroxylation is 4. The highest BCUT2D eigenvalue weighted by molar-refractivity contribution is 7.15. The number of alkyl halides is 7. The summed E-state index contributed by atoms with van der Waals surface area (Å²) >= 11 is 6.15. The van der Waals surface area contributed by atoms with Crippen LogP contribution in [0, 0.1) is 63.0 Å². The summed E-state index contributed by atoms with van der Waals surface area (Å²) in [6.45, 7) is 10.1. The summed E-state index contributed by atoms with van der Waals surface area (Å²) in [7, 11) is 4.60. The average molecular weight is 1280 g/mol. The monoisotopic (exact) mass is 1280 g/mol. The first-order chi connectivity index (χ1) is 38.0. The third-order valence-corrected chi connectivity index (χ3v) is 15.3. The van der Waals surface area contributed by atoms with E-state index in [9.17, 15) is 40.2 Å². The van der Waals surface area contributed by atoms with Gasteiger partial charge in [-0.05, 0) is 124 Å². The molecule has 4 heterocycles. The summed E-state index contributed by atoms with van der Waals surface area (Å²) in [5, 5.41) is 31.7. The minimum absolute atomic E-state index is 0. The van der Waals surface area contributed by atoms with Gasteiger partial charge in [-0.1, -0.05) is 66.0 Å². The molecule has 29 heteroatoms. The number of nitrogens with zero attached hydrogens (tertiary/aromatic N) is 6. The number of anilines is 2. The largest absolute Gasteiger partial charge is 0.505 e. The summed E-state index contributed by atoms with van der Waals surface area (Å²) in [6, 6.07) is 20.3. The predicted molar refractivity (Wildman–Crippen MR) is 313 cm³/mol. The maximum absolute atomic E-state index is 12.9. The molecule has 470 valence electrons. The molecule has 0 amide bonds. The van der Waals surface area contributed by atoms with Gasteiger partial charge < -0.3 is 64.8 Å². The number of hydrogen-bond acceptors (Lipinski definition) is 18. The highest BCUT2D eigenvalue weighted by Crippen LogP contribution is 2.46. The van der Waals surface area contributed by atoms with Gasteiger partial charge >= 0.3 is 12.4 Å². The van der Waals surface area contributed by atoms with Crippen molar-refractivity contribution >= 4 is 54.4 Å². The minimum Gasteiger partial charge on any atom is -0.505 e. The minimum atomic E-state index is -4.46. The summed E-state index contributed by atoms with van der Waals surface area (Å²) in [5.41, 5.74) is 3.82. The van der Waals surface area contributed by atoms with Gasteiger partial charge in [-0.2, -0.15) is 36.2 Å². The number of ether oxygens (including phenoxy) is 7. The fourth-order valence-corrected chi connectivity index (χ4v) is 10.9. The number of aromatic nitrogens is 4. The quantitative estimate of drug-likeness (QED) is 0.0422. The van der Waals surface area contributed by atoms with E-state index in [0.717, 1.165) is 47.9 Å². The van der Waals surface area contributed by atoms with Gasteiger partial charge in [-0.15, -0.1) is 20.4 Å². The Kier molecular flexibility index (Phi) is 30.6. The van der Waals surface area contributed by atoms with Gasteiger partial charge in [0.25, 0.3) is 0 Å². The van der Waals surface area contributed by atoms with E-state index in [2.05, 4.69) is 29.9 Å². The first-order valence-corrected chi connectivity index (χ1v) is 27.2. The smallest absolute Gasteiger partial charge is 0.445 e. The zero-order chi connectivity index (χ0) is 58.3. The van der Waals surface area contributed by atoms with E-state index >= 15 is 0 Å². The average Bonchev–Trinajstić information content (AvgIpc) is 4.10. The second kappa shape index (κ2) is 34.5. The van der Waals surface area contributed by atoms with Crippen molar-refractivity contribution < 1.29 is 84.0 Å². The fourth-order valence-electron chi connectivity index (χ4n) is 9.39. The number of rotatable bonds is 13. The molecule has 7 N–H and O–H groups in total. The SMILES string of the molecule is C.COCCl.COCOc1cc(C)ccc1F.COCOc1cc(C)ccc1OC1[C@@H]2CC[C@H]1CN(c1nnc(C(F)(F)F)s1)C2.Cc1ccc(F)c(O)c1.Cc1ccc(OC2[C@@H]3CC[C@H]2CN(c2nnc(C(F)(F)F)s2)C3)c(O)c1.N.O.P. The van der Waals surface area contributed by atoms with Crippen molar-refractivity contribution in [1.29, 1.82) is 0 Å². The Balaban J connectivity index is 0.000000398. The van der Waals surface area contributed by atoms with Crippen molar-refractivity contribution in [2.45, 2.75) is 85.4 Å². The van der Waals surface area contributed by atoms with Crippen molar-refractivity contribution in [3.63, 3.8) is 0 Å². The third-order valence-electron chi connectivity index (χ3n) is 13.1. The normalized spacial score (nSPS) is 19.0. The topological polar surface area (TPSA) is 230 Å². The van der Waals surface area contributed by atoms with Gasteiger partial charge in [0.2, 0.25) is 20.3 Å². The number of hydrogen-bond donors (Lipinski definition) is 3. The van der Waals surface area contributed by atoms with Crippen LogP contribution in [0.3, 0.4) is 0 Å². The van der Waals surface area contributed by atoms with Gasteiger partial charge in [-0.25, -0.2) is 8.78 Å². The van der Waals surface area contributed by atoms with Crippen LogP contribution >= 0.6 is 44.2 Å². The van der Waals surface area contributed by atoms with Crippen LogP contribution in [0.2, 0.25) is 0 Å². The second-order valence-electron chi connectivity index (χ2n) is 19.3. The van der Waals surface area contributed by atoms with Crippen molar-refractivity contribution in [2.24, 2.45) is 23.7 Å². The van der Waals surface area contributed by atoms with E-state index in [1.807, 2.05) is 54.8 Å². The van der Waals surface area contributed by atoms with E-state index in [1.165, 1.54) is 25.3 Å². The van der Waals surface area contributed by atoms with Crippen LogP contribution in [0.15, 0.2) is 72.8 Å². The Morgan fingerprint density at radius 2 is 0.893 bits per heavy atom. The molecule has 2 aromatic heterocycles. The molecule has 10 rings (SSSR count). The number of phenols is 2. The summed E-state index contributed by atoms with van der Waals surface area (Å²) in [6.07, 6.45) is -5.14. The first kappa shape index (κ1) is 74.5. The molecule has 2 aliphatic carbocycles. The van der Waals surface area contributed by atoms with Gasteiger partial charge in [-0.3, -0.25) is 0 Å². The maximum atomic E-state index is 12.9. The lowest BCUT2D eigenvalue weighted by Gasteiger charge is -2.37. The zero-order valence-corrected chi connectivity index (χ0v) is 50.5. The van der Waals surface area contributed by atoms with Crippen LogP contribution in [0.4, 0.5) is 45.4 Å². The van der Waals surface area contributed by atoms with E-state index in [4.69, 9.17) is 40.4 Å². The molecule has 84 heavy (non-hydrogen) atoms. The molecule has 2 saturated heterocycles. The molecule has 2 aliphatic heterocycles. The molecule has 17 nitrogen and oxygen atoms in total. The number of benzene rings is 4. The molecule has 3 unspecified atom stereocenters. The van der Waals surface area contributed by atoms with Gasteiger partial charge in [0.15, 0.2) is 59.7 Å². The molecule has 0 spiro atoms. The highest BCUT2D eigenvalue weighted by atomic mass is 35.5. The zero-order valence-electron chi connectivity index (χ0n) is 46.7. The number of fused-ring (bicyclic) bond motifs is 4. The number of aromatic hydroxyl groups is 2. The molecule has 2 saturated carbocycles. The lowest BCUT2D eigenvalue weighted by Crippen LogP contribution is -2.47. The van der Waals surface area contributed by atoms with E-state index in [0.29, 0.717) is 82.4 Å². The molecule has 4 aromatic carbocycles. The van der Waals surface area contributed by atoms with Crippen LogP contribution in [0.25, 0.3) is 0 Å². The van der Waals surface area contributed by atoms with Crippen molar-refractivity contribution in [3.05, 3.63) is 117 Å². The second-order valence-corrected chi connectivity index (χ2v) is 21.4. The molecule has 6 aromatic rings. The van der Waals surface area contributed by atoms with Crippen LogP contribution in [0.5, 0.6) is 34.5 Å². The molecular formula is C55H75ClF8N7O10PS2. The molecule has 7 atom stereocenters. The Hall–Kier alpha value is -5.64. The third kappa shape index (κ3) is 21.1. The fraction of sp³-hybridized carbons (Fsp3) is 0.491. The molecule has 4 bridgehead atoms. The maximum Gasteiger partial charge on any atom is 0.445 e. The first-order valence-electron chi connectivity index (χ1n) is 25.1. The lowest BCUT2D eigenvalue weighted by molar-refractivity contribution is -0.138. The molecule has 4 fully saturated rings. The number of phenolic OH excluding ortho intramolecular Hbond substituents is 2. The van der Waals surface area contributed by atoms with Crippen LogP contribution in [-0.2, 0) is 26.6 Å². The number of methoxy groups -OCH3 is 3.